The smallest absolute Gasteiger partial charge is 0.411 e. The molecule has 0 bridgehead atoms. The Labute approximate surface area is 208 Å². The zero-order valence-corrected chi connectivity index (χ0v) is 20.3. The van der Waals surface area contributed by atoms with Crippen LogP contribution in [0.3, 0.4) is 0 Å². The Kier molecular flexibility index (Phi) is 6.01. The van der Waals surface area contributed by atoms with Crippen LogP contribution in [0.25, 0.3) is 29.1 Å². The highest BCUT2D eigenvalue weighted by molar-refractivity contribution is 6.03. The fourth-order valence-electron chi connectivity index (χ4n) is 4.27. The van der Waals surface area contributed by atoms with Crippen LogP contribution in [0.2, 0.25) is 0 Å². The zero-order chi connectivity index (χ0) is 25.3. The Morgan fingerprint density at radius 3 is 2.69 bits per heavy atom. The highest BCUT2D eigenvalue weighted by Gasteiger charge is 2.35. The summed E-state index contributed by atoms with van der Waals surface area (Å²) in [6.45, 7) is 5.45. The first-order valence-electron chi connectivity index (χ1n) is 11.8. The van der Waals surface area contributed by atoms with Crippen LogP contribution in [-0.2, 0) is 9.53 Å². The van der Waals surface area contributed by atoms with Crippen LogP contribution in [0.1, 0.15) is 44.0 Å². The number of carbonyl (C=O) groups is 2. The monoisotopic (exact) mass is 481 g/mol. The van der Waals surface area contributed by atoms with Crippen molar-refractivity contribution >= 4 is 41.1 Å². The number of amides is 2. The highest BCUT2D eigenvalue weighted by atomic mass is 16.6. The number of H-pyrrole nitrogens is 1. The number of allylic oxidation sites excluding steroid dienone is 4. The third-order valence-corrected chi connectivity index (χ3v) is 5.90. The predicted molar refractivity (Wildman–Crippen MR) is 139 cm³/mol. The van der Waals surface area contributed by atoms with Gasteiger partial charge in [-0.25, -0.2) is 4.79 Å². The second-order valence-electron chi connectivity index (χ2n) is 9.78. The number of nitrogens with one attached hydrogen (secondary N) is 3. The lowest BCUT2D eigenvalue weighted by atomic mass is 9.89. The van der Waals surface area contributed by atoms with Crippen molar-refractivity contribution in [1.82, 2.24) is 25.8 Å². The van der Waals surface area contributed by atoms with Gasteiger partial charge in [0.15, 0.2) is 0 Å². The quantitative estimate of drug-likeness (QED) is 0.457. The number of rotatable bonds is 4. The molecule has 1 saturated heterocycles. The summed E-state index contributed by atoms with van der Waals surface area (Å²) < 4.78 is 5.35. The van der Waals surface area contributed by atoms with Gasteiger partial charge in [0.2, 0.25) is 0 Å². The summed E-state index contributed by atoms with van der Waals surface area (Å²) in [6.07, 6.45) is 13.0. The van der Waals surface area contributed by atoms with E-state index >= 15 is 0 Å². The molecule has 3 heterocycles. The summed E-state index contributed by atoms with van der Waals surface area (Å²) in [4.78, 5) is 29.0. The summed E-state index contributed by atoms with van der Waals surface area (Å²) in [5.41, 5.74) is 5.23. The number of aromatic amines is 1. The van der Waals surface area contributed by atoms with Gasteiger partial charge in [-0.2, -0.15) is 5.10 Å². The molecule has 1 atom stereocenters. The van der Waals surface area contributed by atoms with Crippen molar-refractivity contribution in [2.45, 2.75) is 32.8 Å². The molecule has 2 amide bonds. The second-order valence-corrected chi connectivity index (χ2v) is 9.78. The molecule has 0 radical (unpaired) electrons. The Bertz CT molecular complexity index is 1460. The maximum Gasteiger partial charge on any atom is 0.411 e. The maximum atomic E-state index is 12.8. The van der Waals surface area contributed by atoms with Crippen molar-refractivity contribution in [1.29, 1.82) is 0 Å². The molecule has 1 fully saturated rings. The molecule has 1 aliphatic heterocycles. The number of ether oxygens (including phenoxy) is 1. The summed E-state index contributed by atoms with van der Waals surface area (Å²) in [5.74, 6) is -0.299. The molecule has 1 aliphatic carbocycles. The van der Waals surface area contributed by atoms with Crippen molar-refractivity contribution in [2.24, 2.45) is 5.92 Å². The van der Waals surface area contributed by atoms with Gasteiger partial charge in [-0.3, -0.25) is 20.2 Å². The van der Waals surface area contributed by atoms with Crippen molar-refractivity contribution < 1.29 is 14.3 Å². The van der Waals surface area contributed by atoms with E-state index in [0.29, 0.717) is 17.7 Å². The molecule has 8 nitrogen and oxygen atoms in total. The summed E-state index contributed by atoms with van der Waals surface area (Å²) >= 11 is 0. The van der Waals surface area contributed by atoms with E-state index in [0.717, 1.165) is 33.4 Å². The average molecular weight is 482 g/mol. The largest absolute Gasteiger partial charge is 0.444 e. The SMILES string of the molecule is CC(C)(C)OC(=O)NC1=CC=C2NC(=O)/C(=C/c3ccc4c(/C=C/c5ccncc5)n[nH]c4c3)C2C1. The number of alkyl carbamates (subject to hydrolysis) is 1. The standard InChI is InChI=1S/C28H27N5O3/c1-28(2,3)36-27(35)30-19-6-9-23-21(16-19)22(26(34)31-23)14-18-4-7-20-24(32-33-25(20)15-18)8-5-17-10-12-29-13-11-17/h4-15,21H,16H2,1-3H3,(H,30,35)(H,31,34)(H,32,33)/b8-5+,22-14+. The molecule has 0 spiro atoms. The lowest BCUT2D eigenvalue weighted by molar-refractivity contribution is -0.115. The highest BCUT2D eigenvalue weighted by Crippen LogP contribution is 2.35. The third kappa shape index (κ3) is 5.12. The molecule has 5 rings (SSSR count). The summed E-state index contributed by atoms with van der Waals surface area (Å²) in [5, 5.41) is 14.2. The van der Waals surface area contributed by atoms with E-state index in [9.17, 15) is 9.59 Å². The number of hydrogen-bond donors (Lipinski definition) is 3. The van der Waals surface area contributed by atoms with Crippen LogP contribution in [-0.4, -0.2) is 32.8 Å². The van der Waals surface area contributed by atoms with Crippen LogP contribution >= 0.6 is 0 Å². The fraction of sp³-hybridized carbons (Fsp3) is 0.214. The number of benzene rings is 1. The molecule has 0 saturated carbocycles. The minimum atomic E-state index is -0.587. The Morgan fingerprint density at radius 1 is 1.11 bits per heavy atom. The lowest BCUT2D eigenvalue weighted by Gasteiger charge is -2.23. The van der Waals surface area contributed by atoms with E-state index in [4.69, 9.17) is 4.74 Å². The van der Waals surface area contributed by atoms with Crippen molar-refractivity contribution in [3.63, 3.8) is 0 Å². The molecule has 1 aromatic carbocycles. The number of carbonyl (C=O) groups excluding carboxylic acids is 2. The van der Waals surface area contributed by atoms with Crippen molar-refractivity contribution in [2.75, 3.05) is 0 Å². The maximum absolute atomic E-state index is 12.8. The van der Waals surface area contributed by atoms with Crippen LogP contribution in [0.4, 0.5) is 4.79 Å². The van der Waals surface area contributed by atoms with Gasteiger partial charge in [0.25, 0.3) is 5.91 Å². The van der Waals surface area contributed by atoms with E-state index < -0.39 is 11.7 Å². The minimum absolute atomic E-state index is 0.135. The molecule has 8 heteroatoms. The zero-order valence-electron chi connectivity index (χ0n) is 20.3. The Morgan fingerprint density at radius 2 is 1.92 bits per heavy atom. The van der Waals surface area contributed by atoms with Crippen molar-refractivity contribution in [3.8, 4) is 0 Å². The third-order valence-electron chi connectivity index (χ3n) is 5.90. The van der Waals surface area contributed by atoms with Gasteiger partial charge in [-0.1, -0.05) is 12.1 Å². The number of aromatic nitrogens is 3. The first-order chi connectivity index (χ1) is 17.2. The predicted octanol–water partition coefficient (Wildman–Crippen LogP) is 4.95. The van der Waals surface area contributed by atoms with Gasteiger partial charge >= 0.3 is 6.09 Å². The molecule has 2 aromatic heterocycles. The van der Waals surface area contributed by atoms with E-state index in [1.807, 2.05) is 75.4 Å². The number of fused-ring (bicyclic) bond motifs is 2. The van der Waals surface area contributed by atoms with Crippen LogP contribution in [0.5, 0.6) is 0 Å². The normalized spacial score (nSPS) is 18.7. The van der Waals surface area contributed by atoms with Gasteiger partial charge in [0, 0.05) is 47.1 Å². The lowest BCUT2D eigenvalue weighted by Crippen LogP contribution is -2.33. The average Bonchev–Trinajstić information content (AvgIpc) is 3.37. The molecule has 2 aliphatic rings. The molecule has 3 aromatic rings. The van der Waals surface area contributed by atoms with Crippen LogP contribution in [0, 0.1) is 5.92 Å². The number of hydrogen-bond acceptors (Lipinski definition) is 5. The van der Waals surface area contributed by atoms with E-state index in [2.05, 4.69) is 25.8 Å². The second kappa shape index (κ2) is 9.30. The molecule has 182 valence electrons. The topological polar surface area (TPSA) is 109 Å². The van der Waals surface area contributed by atoms with E-state index in [1.165, 1.54) is 0 Å². The van der Waals surface area contributed by atoms with Gasteiger partial charge in [0.05, 0.1) is 11.2 Å². The fourth-order valence-corrected chi connectivity index (χ4v) is 4.27. The van der Waals surface area contributed by atoms with Gasteiger partial charge in [0.1, 0.15) is 5.60 Å². The molecule has 36 heavy (non-hydrogen) atoms. The van der Waals surface area contributed by atoms with Gasteiger partial charge < -0.3 is 10.1 Å². The van der Waals surface area contributed by atoms with Gasteiger partial charge in [-0.15, -0.1) is 0 Å². The Hall–Kier alpha value is -4.46. The molecular formula is C28H27N5O3. The minimum Gasteiger partial charge on any atom is -0.444 e. The van der Waals surface area contributed by atoms with Gasteiger partial charge in [-0.05, 0) is 80.5 Å². The van der Waals surface area contributed by atoms with Crippen LogP contribution < -0.4 is 10.6 Å². The Balaban J connectivity index is 1.34. The first-order valence-corrected chi connectivity index (χ1v) is 11.8. The van der Waals surface area contributed by atoms with Crippen LogP contribution in [0.15, 0.2) is 71.8 Å². The molecular weight excluding hydrogens is 454 g/mol. The van der Waals surface area contributed by atoms with E-state index in [1.54, 1.807) is 18.5 Å². The first kappa shape index (κ1) is 23.3. The van der Waals surface area contributed by atoms with E-state index in [-0.39, 0.29) is 11.8 Å². The molecule has 3 N–H and O–H groups in total. The van der Waals surface area contributed by atoms with Crippen molar-refractivity contribution in [3.05, 3.63) is 88.7 Å². The summed E-state index contributed by atoms with van der Waals surface area (Å²) in [6, 6.07) is 9.81. The number of pyridine rings is 1. The number of nitrogens with zero attached hydrogens (tertiary/aromatic N) is 2. The summed E-state index contributed by atoms with van der Waals surface area (Å²) in [7, 11) is 0. The molecule has 1 unspecified atom stereocenters.